The van der Waals surface area contributed by atoms with Crippen molar-refractivity contribution in [1.29, 1.82) is 0 Å². The quantitative estimate of drug-likeness (QED) is 0.750. The van der Waals surface area contributed by atoms with E-state index < -0.39 is 0 Å². The van der Waals surface area contributed by atoms with Crippen molar-refractivity contribution in [3.63, 3.8) is 0 Å². The molecule has 0 radical (unpaired) electrons. The summed E-state index contributed by atoms with van der Waals surface area (Å²) in [7, 11) is 0. The Bertz CT molecular complexity index is 447. The van der Waals surface area contributed by atoms with E-state index in [1.165, 1.54) is 25.7 Å². The fourth-order valence-corrected chi connectivity index (χ4v) is 3.05. The Morgan fingerprint density at radius 1 is 1.38 bits per heavy atom. The maximum absolute atomic E-state index is 11.9. The zero-order chi connectivity index (χ0) is 15.1. The van der Waals surface area contributed by atoms with Gasteiger partial charge < -0.3 is 20.2 Å². The molecule has 21 heavy (non-hydrogen) atoms. The van der Waals surface area contributed by atoms with Crippen molar-refractivity contribution in [2.45, 2.75) is 52.0 Å². The molecular weight excluding hydrogens is 270 g/mol. The molecular formula is C15H25N3O3. The fraction of sp³-hybridized carbons (Fsp3) is 0.733. The number of carbonyl (C=O) groups is 1. The third kappa shape index (κ3) is 4.46. The van der Waals surface area contributed by atoms with Gasteiger partial charge in [-0.25, -0.2) is 9.78 Å². The summed E-state index contributed by atoms with van der Waals surface area (Å²) < 4.78 is 5.09. The predicted octanol–water partition coefficient (Wildman–Crippen LogP) is 2.12. The lowest BCUT2D eigenvalue weighted by Gasteiger charge is -2.37. The van der Waals surface area contributed by atoms with Crippen LogP contribution in [0.1, 0.15) is 50.0 Å². The zero-order valence-corrected chi connectivity index (χ0v) is 12.7. The number of hydrogen-bond acceptors (Lipinski definition) is 4. The molecule has 0 aliphatic heterocycles. The van der Waals surface area contributed by atoms with Gasteiger partial charge in [-0.05, 0) is 31.6 Å². The molecule has 3 N–H and O–H groups in total. The maximum Gasteiger partial charge on any atom is 0.315 e. The van der Waals surface area contributed by atoms with Gasteiger partial charge in [-0.1, -0.05) is 19.3 Å². The highest BCUT2D eigenvalue weighted by molar-refractivity contribution is 5.73. The normalized spacial score (nSPS) is 17.4. The highest BCUT2D eigenvalue weighted by Crippen LogP contribution is 2.38. The average molecular weight is 295 g/mol. The molecule has 1 heterocycles. The van der Waals surface area contributed by atoms with E-state index in [4.69, 9.17) is 4.42 Å². The van der Waals surface area contributed by atoms with E-state index in [2.05, 4.69) is 15.6 Å². The number of rotatable bonds is 6. The SMILES string of the molecule is Cc1ocnc1CNC(=O)NCC1(CCO)CCCCC1. The molecule has 118 valence electrons. The molecule has 6 nitrogen and oxygen atoms in total. The van der Waals surface area contributed by atoms with Gasteiger partial charge in [0.15, 0.2) is 6.39 Å². The second kappa shape index (κ2) is 7.45. The molecule has 1 aliphatic rings. The molecule has 0 aromatic carbocycles. The summed E-state index contributed by atoms with van der Waals surface area (Å²) in [6, 6.07) is -0.194. The van der Waals surface area contributed by atoms with Gasteiger partial charge in [-0.2, -0.15) is 0 Å². The predicted molar refractivity (Wildman–Crippen MR) is 78.7 cm³/mol. The first kappa shape index (κ1) is 15.8. The van der Waals surface area contributed by atoms with Crippen LogP contribution >= 0.6 is 0 Å². The number of nitrogens with one attached hydrogen (secondary N) is 2. The molecule has 1 fully saturated rings. The Morgan fingerprint density at radius 3 is 2.76 bits per heavy atom. The van der Waals surface area contributed by atoms with Crippen LogP contribution in [0.15, 0.2) is 10.8 Å². The van der Waals surface area contributed by atoms with Crippen LogP contribution in [0.2, 0.25) is 0 Å². The van der Waals surface area contributed by atoms with Crippen LogP contribution in [0.25, 0.3) is 0 Å². The molecule has 0 bridgehead atoms. The van der Waals surface area contributed by atoms with E-state index in [1.54, 1.807) is 0 Å². The zero-order valence-electron chi connectivity index (χ0n) is 12.7. The third-order valence-corrected chi connectivity index (χ3v) is 4.44. The van der Waals surface area contributed by atoms with Crippen LogP contribution in [-0.4, -0.2) is 29.3 Å². The number of urea groups is 1. The number of carbonyl (C=O) groups excluding carboxylic acids is 1. The van der Waals surface area contributed by atoms with Gasteiger partial charge in [-0.15, -0.1) is 0 Å². The Morgan fingerprint density at radius 2 is 2.14 bits per heavy atom. The minimum Gasteiger partial charge on any atom is -0.448 e. The number of nitrogens with zero attached hydrogens (tertiary/aromatic N) is 1. The number of aryl methyl sites for hydroxylation is 1. The van der Waals surface area contributed by atoms with E-state index in [0.717, 1.165) is 30.7 Å². The van der Waals surface area contributed by atoms with Crippen LogP contribution in [0, 0.1) is 12.3 Å². The Hall–Kier alpha value is -1.56. The van der Waals surface area contributed by atoms with Crippen molar-refractivity contribution in [2.75, 3.05) is 13.2 Å². The number of amides is 2. The highest BCUT2D eigenvalue weighted by atomic mass is 16.3. The fourth-order valence-electron chi connectivity index (χ4n) is 3.05. The van der Waals surface area contributed by atoms with Crippen molar-refractivity contribution in [1.82, 2.24) is 15.6 Å². The minimum atomic E-state index is -0.194. The summed E-state index contributed by atoms with van der Waals surface area (Å²) in [4.78, 5) is 15.9. The van der Waals surface area contributed by atoms with E-state index in [1.807, 2.05) is 6.92 Å². The van der Waals surface area contributed by atoms with Crippen LogP contribution in [0.3, 0.4) is 0 Å². The van der Waals surface area contributed by atoms with Gasteiger partial charge in [0.25, 0.3) is 0 Å². The summed E-state index contributed by atoms with van der Waals surface area (Å²) in [6.45, 7) is 2.99. The third-order valence-electron chi connectivity index (χ3n) is 4.44. The van der Waals surface area contributed by atoms with E-state index >= 15 is 0 Å². The van der Waals surface area contributed by atoms with Gasteiger partial charge in [0.05, 0.1) is 6.54 Å². The summed E-state index contributed by atoms with van der Waals surface area (Å²) in [5, 5.41) is 15.0. The van der Waals surface area contributed by atoms with E-state index in [-0.39, 0.29) is 18.1 Å². The van der Waals surface area contributed by atoms with E-state index in [9.17, 15) is 9.90 Å². The Balaban J connectivity index is 1.77. The molecule has 0 atom stereocenters. The van der Waals surface area contributed by atoms with Gasteiger partial charge in [0.1, 0.15) is 11.5 Å². The number of aromatic nitrogens is 1. The molecule has 1 aliphatic carbocycles. The summed E-state index contributed by atoms with van der Waals surface area (Å²) in [5.41, 5.74) is 0.807. The van der Waals surface area contributed by atoms with Crippen LogP contribution < -0.4 is 10.6 Å². The second-order valence-electron chi connectivity index (χ2n) is 5.93. The van der Waals surface area contributed by atoms with E-state index in [0.29, 0.717) is 13.1 Å². The average Bonchev–Trinajstić information content (AvgIpc) is 2.90. The molecule has 0 unspecified atom stereocenters. The monoisotopic (exact) mass is 295 g/mol. The van der Waals surface area contributed by atoms with Gasteiger partial charge in [-0.3, -0.25) is 0 Å². The minimum absolute atomic E-state index is 0.0636. The van der Waals surface area contributed by atoms with Crippen molar-refractivity contribution < 1.29 is 14.3 Å². The number of aliphatic hydroxyl groups excluding tert-OH is 1. The van der Waals surface area contributed by atoms with Crippen molar-refractivity contribution in [3.8, 4) is 0 Å². The first-order chi connectivity index (χ1) is 10.2. The lowest BCUT2D eigenvalue weighted by molar-refractivity contribution is 0.127. The topological polar surface area (TPSA) is 87.4 Å². The smallest absolute Gasteiger partial charge is 0.315 e. The van der Waals surface area contributed by atoms with Gasteiger partial charge in [0.2, 0.25) is 0 Å². The molecule has 0 saturated heterocycles. The van der Waals surface area contributed by atoms with Crippen LogP contribution in [-0.2, 0) is 6.54 Å². The second-order valence-corrected chi connectivity index (χ2v) is 5.93. The summed E-state index contributed by atoms with van der Waals surface area (Å²) in [5.74, 6) is 0.722. The first-order valence-electron chi connectivity index (χ1n) is 7.67. The Labute approximate surface area is 125 Å². The number of aliphatic hydroxyl groups is 1. The van der Waals surface area contributed by atoms with Gasteiger partial charge >= 0.3 is 6.03 Å². The van der Waals surface area contributed by atoms with Crippen molar-refractivity contribution in [2.24, 2.45) is 5.41 Å². The Kier molecular flexibility index (Phi) is 5.61. The largest absolute Gasteiger partial charge is 0.448 e. The highest BCUT2D eigenvalue weighted by Gasteiger charge is 2.31. The van der Waals surface area contributed by atoms with Crippen LogP contribution in [0.4, 0.5) is 4.79 Å². The molecule has 2 rings (SSSR count). The molecule has 1 aromatic heterocycles. The summed E-state index contributed by atoms with van der Waals surface area (Å²) >= 11 is 0. The molecule has 6 heteroatoms. The number of hydrogen-bond donors (Lipinski definition) is 3. The van der Waals surface area contributed by atoms with Crippen molar-refractivity contribution >= 4 is 6.03 Å². The standard InChI is InChI=1S/C15H25N3O3/c1-12-13(18-11-21-12)9-16-14(20)17-10-15(7-8-19)5-3-2-4-6-15/h11,19H,2-10H2,1H3,(H2,16,17,20). The lowest BCUT2D eigenvalue weighted by atomic mass is 9.72. The van der Waals surface area contributed by atoms with Gasteiger partial charge in [0, 0.05) is 13.2 Å². The molecule has 1 aromatic rings. The maximum atomic E-state index is 11.9. The first-order valence-corrected chi connectivity index (χ1v) is 7.67. The molecule has 0 spiro atoms. The molecule has 2 amide bonds. The van der Waals surface area contributed by atoms with Crippen molar-refractivity contribution in [3.05, 3.63) is 17.8 Å². The van der Waals surface area contributed by atoms with Crippen LogP contribution in [0.5, 0.6) is 0 Å². The lowest BCUT2D eigenvalue weighted by Crippen LogP contribution is -2.43. The number of oxazole rings is 1. The molecule has 1 saturated carbocycles. The summed E-state index contributed by atoms with van der Waals surface area (Å²) in [6.07, 6.45) is 7.92.